The number of halogens is 1. The number of rotatable bonds is 8. The summed E-state index contributed by atoms with van der Waals surface area (Å²) in [7, 11) is 0. The minimum atomic E-state index is -1.11. The topological polar surface area (TPSA) is 160 Å². The first kappa shape index (κ1) is 24.0. The Morgan fingerprint density at radius 2 is 1.80 bits per heavy atom. The van der Waals surface area contributed by atoms with E-state index < -0.39 is 12.0 Å². The first-order valence-electron chi connectivity index (χ1n) is 10.4. The molecule has 4 rings (SSSR count). The van der Waals surface area contributed by atoms with Crippen molar-refractivity contribution in [3.8, 4) is 28.7 Å². The van der Waals surface area contributed by atoms with E-state index in [4.69, 9.17) is 26.1 Å². The van der Waals surface area contributed by atoms with Crippen molar-refractivity contribution in [3.63, 3.8) is 0 Å². The number of nitrogens with two attached hydrogens (primary N) is 2. The summed E-state index contributed by atoms with van der Waals surface area (Å²) in [6.07, 6.45) is 0.0976. The monoisotopic (exact) mass is 539 g/mol. The van der Waals surface area contributed by atoms with Crippen molar-refractivity contribution >= 4 is 44.0 Å². The number of hydrogen-bond donors (Lipinski definition) is 6. The molecule has 0 aliphatic rings. The Morgan fingerprint density at radius 1 is 1.00 bits per heavy atom. The highest BCUT2D eigenvalue weighted by molar-refractivity contribution is 9.10. The zero-order valence-electron chi connectivity index (χ0n) is 18.2. The van der Waals surface area contributed by atoms with E-state index in [1.54, 1.807) is 60.7 Å². The summed E-state index contributed by atoms with van der Waals surface area (Å²) in [6.45, 7) is 0. The summed E-state index contributed by atoms with van der Waals surface area (Å²) in [5.74, 6) is 0.274. The van der Waals surface area contributed by atoms with Gasteiger partial charge in [0.1, 0.15) is 34.7 Å². The van der Waals surface area contributed by atoms with Crippen molar-refractivity contribution in [2.24, 2.45) is 5.73 Å². The molecule has 10 heteroatoms. The second kappa shape index (κ2) is 10.00. The van der Waals surface area contributed by atoms with Crippen LogP contribution < -0.4 is 26.5 Å². The van der Waals surface area contributed by atoms with Crippen molar-refractivity contribution in [1.82, 2.24) is 0 Å². The third-order valence-corrected chi connectivity index (χ3v) is 5.88. The number of nitrogen functional groups attached to an aromatic ring is 1. The lowest BCUT2D eigenvalue weighted by Gasteiger charge is -2.14. The summed E-state index contributed by atoms with van der Waals surface area (Å²) in [5.41, 5.74) is 15.2. The van der Waals surface area contributed by atoms with Gasteiger partial charge in [0, 0.05) is 16.8 Å². The highest BCUT2D eigenvalue weighted by Gasteiger charge is 2.14. The molecule has 180 valence electrons. The van der Waals surface area contributed by atoms with Gasteiger partial charge in [-0.15, -0.1) is 0 Å². The second-order valence-corrected chi connectivity index (χ2v) is 8.61. The van der Waals surface area contributed by atoms with Gasteiger partial charge in [0.05, 0.1) is 10.2 Å². The van der Waals surface area contributed by atoms with Gasteiger partial charge in [-0.05, 0) is 70.4 Å². The van der Waals surface area contributed by atoms with Crippen molar-refractivity contribution in [2.75, 3.05) is 11.2 Å². The van der Waals surface area contributed by atoms with Crippen LogP contribution >= 0.6 is 15.9 Å². The predicted octanol–water partition coefficient (Wildman–Crippen LogP) is 4.75. The number of aliphatic carboxylic acids is 1. The van der Waals surface area contributed by atoms with Gasteiger partial charge in [0.2, 0.25) is 0 Å². The molecule has 8 N–H and O–H groups in total. The third-order valence-electron chi connectivity index (χ3n) is 5.26. The number of nitrogens with one attached hydrogen (secondary N) is 1. The lowest BCUT2D eigenvalue weighted by Crippen LogP contribution is -2.32. The Balaban J connectivity index is 1.49. The quantitative estimate of drug-likeness (QED) is 0.105. The summed E-state index contributed by atoms with van der Waals surface area (Å²) in [5, 5.41) is 30.6. The van der Waals surface area contributed by atoms with Crippen LogP contribution in [0.1, 0.15) is 5.56 Å². The largest absolute Gasteiger partial charge is 0.506 e. The van der Waals surface area contributed by atoms with Crippen molar-refractivity contribution < 1.29 is 29.7 Å². The van der Waals surface area contributed by atoms with Crippen LogP contribution in [0.4, 0.5) is 11.4 Å². The van der Waals surface area contributed by atoms with Crippen LogP contribution in [0.5, 0.6) is 28.7 Å². The van der Waals surface area contributed by atoms with Gasteiger partial charge in [0.15, 0.2) is 5.75 Å². The number of benzene rings is 4. The maximum atomic E-state index is 11.0. The van der Waals surface area contributed by atoms with E-state index in [0.717, 1.165) is 0 Å². The first-order valence-corrected chi connectivity index (χ1v) is 11.2. The van der Waals surface area contributed by atoms with Gasteiger partial charge in [-0.3, -0.25) is 4.79 Å². The predicted molar refractivity (Wildman–Crippen MR) is 136 cm³/mol. The summed E-state index contributed by atoms with van der Waals surface area (Å²) >= 11 is 3.47. The molecular weight excluding hydrogens is 518 g/mol. The van der Waals surface area contributed by atoms with Gasteiger partial charge in [-0.2, -0.15) is 0 Å². The number of carboxylic acids is 1. The highest BCUT2D eigenvalue weighted by atomic mass is 79.9. The van der Waals surface area contributed by atoms with Gasteiger partial charge < -0.3 is 36.4 Å². The molecule has 0 bridgehead atoms. The fourth-order valence-electron chi connectivity index (χ4n) is 3.41. The van der Waals surface area contributed by atoms with E-state index in [-0.39, 0.29) is 29.3 Å². The lowest BCUT2D eigenvalue weighted by atomic mass is 10.1. The van der Waals surface area contributed by atoms with Crippen LogP contribution in [0.3, 0.4) is 0 Å². The standard InChI is InChI=1S/C25H22BrN3O6/c26-17-12-14(35-29-20-11-13(4-8-21(20)30)10-19(28)25(32)33)5-9-23(17)34-22-3-1-2-16-15(22)6-7-18(27)24(16)31/h1-9,11-12,19,29-31H,10,27-28H2,(H,32,33)/t19-/m0/s1. The maximum Gasteiger partial charge on any atom is 0.320 e. The van der Waals surface area contributed by atoms with Crippen molar-refractivity contribution in [3.05, 3.63) is 76.8 Å². The first-order chi connectivity index (χ1) is 16.7. The zero-order valence-corrected chi connectivity index (χ0v) is 19.8. The fourth-order valence-corrected chi connectivity index (χ4v) is 3.85. The molecule has 0 fully saturated rings. The normalized spacial score (nSPS) is 11.7. The average Bonchev–Trinajstić information content (AvgIpc) is 2.83. The smallest absolute Gasteiger partial charge is 0.320 e. The van der Waals surface area contributed by atoms with Crippen molar-refractivity contribution in [2.45, 2.75) is 12.5 Å². The Bertz CT molecular complexity index is 1410. The van der Waals surface area contributed by atoms with E-state index in [0.29, 0.717) is 38.1 Å². The summed E-state index contributed by atoms with van der Waals surface area (Å²) in [4.78, 5) is 16.6. The van der Waals surface area contributed by atoms with Crippen LogP contribution in [-0.2, 0) is 11.2 Å². The van der Waals surface area contributed by atoms with Crippen LogP contribution in [0.2, 0.25) is 0 Å². The Kier molecular flexibility index (Phi) is 6.85. The molecule has 0 amide bonds. The SMILES string of the molecule is Nc1ccc2c(Oc3ccc(ONc4cc(C[C@H](N)C(=O)O)ccc4O)cc3Br)cccc2c1O. The number of carboxylic acid groups (broad SMARTS) is 1. The third kappa shape index (κ3) is 5.34. The minimum Gasteiger partial charge on any atom is -0.506 e. The molecule has 0 aliphatic carbocycles. The van der Waals surface area contributed by atoms with E-state index in [2.05, 4.69) is 21.4 Å². The fraction of sp³-hybridized carbons (Fsp3) is 0.0800. The van der Waals surface area contributed by atoms with Crippen molar-refractivity contribution in [1.29, 1.82) is 0 Å². The molecule has 35 heavy (non-hydrogen) atoms. The molecule has 0 spiro atoms. The maximum absolute atomic E-state index is 11.0. The molecular formula is C25H22BrN3O6. The van der Waals surface area contributed by atoms with E-state index in [1.165, 1.54) is 6.07 Å². The van der Waals surface area contributed by atoms with Gasteiger partial charge in [0.25, 0.3) is 0 Å². The summed E-state index contributed by atoms with van der Waals surface area (Å²) < 4.78 is 6.65. The second-order valence-electron chi connectivity index (χ2n) is 7.75. The molecule has 4 aromatic rings. The molecule has 4 aromatic carbocycles. The summed E-state index contributed by atoms with van der Waals surface area (Å²) in [6, 6.07) is 17.2. The van der Waals surface area contributed by atoms with Crippen LogP contribution in [0.15, 0.2) is 71.2 Å². The number of carbonyl (C=O) groups is 1. The van der Waals surface area contributed by atoms with Gasteiger partial charge >= 0.3 is 5.97 Å². The number of ether oxygens (including phenoxy) is 1. The lowest BCUT2D eigenvalue weighted by molar-refractivity contribution is -0.138. The van der Waals surface area contributed by atoms with E-state index in [9.17, 15) is 15.0 Å². The molecule has 0 aromatic heterocycles. The Labute approximate surface area is 208 Å². The molecule has 0 saturated heterocycles. The average molecular weight is 540 g/mol. The van der Waals surface area contributed by atoms with E-state index in [1.807, 2.05) is 0 Å². The number of phenols is 2. The van der Waals surface area contributed by atoms with Gasteiger partial charge in [-0.1, -0.05) is 18.2 Å². The van der Waals surface area contributed by atoms with Crippen LogP contribution in [-0.4, -0.2) is 27.3 Å². The Morgan fingerprint density at radius 3 is 2.54 bits per heavy atom. The Hall–Kier alpha value is -4.15. The zero-order chi connectivity index (χ0) is 25.1. The minimum absolute atomic E-state index is 0.000830. The van der Waals surface area contributed by atoms with Crippen LogP contribution in [0, 0.1) is 0 Å². The van der Waals surface area contributed by atoms with E-state index >= 15 is 0 Å². The molecule has 0 radical (unpaired) electrons. The van der Waals surface area contributed by atoms with Gasteiger partial charge in [-0.25, -0.2) is 5.48 Å². The van der Waals surface area contributed by atoms with Crippen LogP contribution in [0.25, 0.3) is 10.8 Å². The number of hydrogen-bond acceptors (Lipinski definition) is 8. The molecule has 0 aliphatic heterocycles. The number of aromatic hydroxyl groups is 2. The molecule has 0 saturated carbocycles. The number of fused-ring (bicyclic) bond motifs is 1. The number of phenolic OH excluding ortho intramolecular Hbond substituents is 2. The number of anilines is 2. The molecule has 0 heterocycles. The molecule has 0 unspecified atom stereocenters. The molecule has 9 nitrogen and oxygen atoms in total. The highest BCUT2D eigenvalue weighted by Crippen LogP contribution is 2.39. The molecule has 1 atom stereocenters.